The molecule has 0 aliphatic rings. The third-order valence-corrected chi connectivity index (χ3v) is 3.55. The first kappa shape index (κ1) is 19.5. The lowest BCUT2D eigenvalue weighted by atomic mass is 10.2. The van der Waals surface area contributed by atoms with Crippen LogP contribution >= 0.6 is 11.6 Å². The second-order valence-corrected chi connectivity index (χ2v) is 5.32. The zero-order chi connectivity index (χ0) is 19.8. The van der Waals surface area contributed by atoms with E-state index in [2.05, 4.69) is 5.32 Å². The van der Waals surface area contributed by atoms with Crippen molar-refractivity contribution in [1.82, 2.24) is 14.5 Å². The van der Waals surface area contributed by atoms with E-state index < -0.39 is 46.5 Å². The molecule has 1 amide bonds. The third kappa shape index (κ3) is 3.57. The second-order valence-electron chi connectivity index (χ2n) is 4.92. The van der Waals surface area contributed by atoms with E-state index in [1.165, 1.54) is 7.05 Å². The molecule has 0 aliphatic heterocycles. The highest BCUT2D eigenvalue weighted by molar-refractivity contribution is 6.32. The number of ether oxygens (including phenoxy) is 1. The zero-order valence-electron chi connectivity index (χ0n) is 13.1. The average molecular weight is 396 g/mol. The number of benzene rings is 1. The molecule has 0 atom stereocenters. The van der Waals surface area contributed by atoms with Gasteiger partial charge in [0.25, 0.3) is 5.56 Å². The lowest BCUT2D eigenvalue weighted by Gasteiger charge is -2.15. The molecule has 0 bridgehead atoms. The molecule has 0 aliphatic carbocycles. The molecule has 0 fully saturated rings. The number of hydrogen-bond acceptors (Lipinski definition) is 4. The molecular formula is C14H10ClF4N3O4. The van der Waals surface area contributed by atoms with E-state index in [1.807, 2.05) is 0 Å². The average Bonchev–Trinajstić information content (AvgIpc) is 2.53. The largest absolute Gasteiger partial charge is 0.431 e. The molecular weight excluding hydrogens is 386 g/mol. The van der Waals surface area contributed by atoms with Crippen LogP contribution in [0, 0.1) is 5.82 Å². The maximum Gasteiger partial charge on any atom is 0.431 e. The summed E-state index contributed by atoms with van der Waals surface area (Å²) in [6.45, 7) is 0. The highest BCUT2D eigenvalue weighted by Crippen LogP contribution is 2.30. The van der Waals surface area contributed by atoms with Gasteiger partial charge in [0.05, 0.1) is 10.7 Å². The van der Waals surface area contributed by atoms with Gasteiger partial charge >= 0.3 is 18.0 Å². The van der Waals surface area contributed by atoms with Crippen LogP contribution in [0.5, 0.6) is 5.75 Å². The van der Waals surface area contributed by atoms with Gasteiger partial charge < -0.3 is 10.1 Å². The highest BCUT2D eigenvalue weighted by atomic mass is 35.5. The molecule has 0 radical (unpaired) electrons. The molecule has 0 spiro atoms. The molecule has 140 valence electrons. The SMILES string of the molecule is CNC(=O)Oc1cc(-n2c(=O)cc(C(F)(F)F)n(C)c2=O)c(F)cc1Cl. The number of rotatable bonds is 2. The van der Waals surface area contributed by atoms with Gasteiger partial charge in [-0.2, -0.15) is 13.2 Å². The molecule has 0 saturated carbocycles. The predicted octanol–water partition coefficient (Wildman–Crippen LogP) is 2.07. The second kappa shape index (κ2) is 6.83. The van der Waals surface area contributed by atoms with Crippen LogP contribution < -0.4 is 21.3 Å². The van der Waals surface area contributed by atoms with Gasteiger partial charge in [-0.15, -0.1) is 0 Å². The molecule has 2 rings (SSSR count). The summed E-state index contributed by atoms with van der Waals surface area (Å²) in [5.41, 5.74) is -5.10. The van der Waals surface area contributed by atoms with Crippen molar-refractivity contribution in [3.8, 4) is 11.4 Å². The Hall–Kier alpha value is -2.82. The van der Waals surface area contributed by atoms with E-state index in [-0.39, 0.29) is 20.2 Å². The van der Waals surface area contributed by atoms with Gasteiger partial charge in [0, 0.05) is 26.2 Å². The van der Waals surface area contributed by atoms with E-state index in [0.717, 1.165) is 13.1 Å². The van der Waals surface area contributed by atoms with Crippen molar-refractivity contribution in [2.24, 2.45) is 7.05 Å². The van der Waals surface area contributed by atoms with E-state index in [4.69, 9.17) is 16.3 Å². The number of nitrogens with zero attached hydrogens (tertiary/aromatic N) is 2. The summed E-state index contributed by atoms with van der Waals surface area (Å²) in [5, 5.41) is 1.74. The molecule has 1 aromatic heterocycles. The Labute approximate surface area is 147 Å². The minimum atomic E-state index is -4.96. The number of carbonyl (C=O) groups excluding carboxylic acids is 1. The number of hydrogen-bond donors (Lipinski definition) is 1. The maximum atomic E-state index is 14.2. The van der Waals surface area contributed by atoms with Crippen LogP contribution in [-0.2, 0) is 13.2 Å². The van der Waals surface area contributed by atoms with Gasteiger partial charge in [-0.1, -0.05) is 11.6 Å². The first-order chi connectivity index (χ1) is 12.0. The van der Waals surface area contributed by atoms with Gasteiger partial charge in [0.15, 0.2) is 5.75 Å². The lowest BCUT2D eigenvalue weighted by molar-refractivity contribution is -0.144. The van der Waals surface area contributed by atoms with Crippen LogP contribution in [0.4, 0.5) is 22.4 Å². The standard InChI is InChI=1S/C14H10ClF4N3O4/c1-20-12(24)26-9-4-8(7(16)3-6(9)15)22-11(23)5-10(14(17,18)19)21(2)13(22)25/h3-5H,1-2H3,(H,20,24). The molecule has 1 N–H and O–H groups in total. The molecule has 12 heteroatoms. The minimum Gasteiger partial charge on any atom is -0.409 e. The fourth-order valence-corrected chi connectivity index (χ4v) is 2.23. The van der Waals surface area contributed by atoms with Gasteiger partial charge in [0.1, 0.15) is 11.5 Å². The molecule has 26 heavy (non-hydrogen) atoms. The topological polar surface area (TPSA) is 82.3 Å². The molecule has 0 unspecified atom stereocenters. The van der Waals surface area contributed by atoms with Crippen LogP contribution in [0.15, 0.2) is 27.8 Å². The number of carbonyl (C=O) groups is 1. The summed E-state index contributed by atoms with van der Waals surface area (Å²) in [6, 6.07) is 1.55. The smallest absolute Gasteiger partial charge is 0.409 e. The van der Waals surface area contributed by atoms with Crippen molar-refractivity contribution in [3.05, 3.63) is 55.6 Å². The fourth-order valence-electron chi connectivity index (χ4n) is 2.04. The fraction of sp³-hybridized carbons (Fsp3) is 0.214. The predicted molar refractivity (Wildman–Crippen MR) is 82.3 cm³/mol. The number of alkyl halides is 3. The Kier molecular flexibility index (Phi) is 5.12. The molecule has 1 aromatic carbocycles. The summed E-state index contributed by atoms with van der Waals surface area (Å²) in [7, 11) is 2.01. The molecule has 7 nitrogen and oxygen atoms in total. The summed E-state index contributed by atoms with van der Waals surface area (Å²) in [5.74, 6) is -1.59. The van der Waals surface area contributed by atoms with Crippen LogP contribution in [0.3, 0.4) is 0 Å². The summed E-state index contributed by atoms with van der Waals surface area (Å²) in [4.78, 5) is 35.5. The third-order valence-electron chi connectivity index (χ3n) is 3.26. The summed E-state index contributed by atoms with van der Waals surface area (Å²) < 4.78 is 57.8. The zero-order valence-corrected chi connectivity index (χ0v) is 13.9. The van der Waals surface area contributed by atoms with E-state index in [0.29, 0.717) is 6.07 Å². The first-order valence-electron chi connectivity index (χ1n) is 6.76. The van der Waals surface area contributed by atoms with Crippen molar-refractivity contribution < 1.29 is 27.1 Å². The van der Waals surface area contributed by atoms with E-state index >= 15 is 0 Å². The van der Waals surface area contributed by atoms with Crippen molar-refractivity contribution in [1.29, 1.82) is 0 Å². The Bertz CT molecular complexity index is 997. The molecule has 0 saturated heterocycles. The van der Waals surface area contributed by atoms with Crippen molar-refractivity contribution in [2.45, 2.75) is 6.18 Å². The van der Waals surface area contributed by atoms with Crippen LogP contribution in [-0.4, -0.2) is 22.3 Å². The Morgan fingerprint density at radius 2 is 1.85 bits per heavy atom. The summed E-state index contributed by atoms with van der Waals surface area (Å²) >= 11 is 5.72. The van der Waals surface area contributed by atoms with Gasteiger partial charge in [0.2, 0.25) is 0 Å². The van der Waals surface area contributed by atoms with Crippen LogP contribution in [0.25, 0.3) is 5.69 Å². The van der Waals surface area contributed by atoms with Gasteiger partial charge in [-0.3, -0.25) is 9.36 Å². The number of nitrogens with one attached hydrogen (secondary N) is 1. The Morgan fingerprint density at radius 3 is 2.38 bits per heavy atom. The monoisotopic (exact) mass is 395 g/mol. The molecule has 1 heterocycles. The normalized spacial score (nSPS) is 11.3. The van der Waals surface area contributed by atoms with Crippen LogP contribution in [0.1, 0.15) is 5.69 Å². The van der Waals surface area contributed by atoms with E-state index in [1.54, 1.807) is 0 Å². The minimum absolute atomic E-state index is 0.148. The van der Waals surface area contributed by atoms with Crippen molar-refractivity contribution >= 4 is 17.7 Å². The van der Waals surface area contributed by atoms with Crippen molar-refractivity contribution in [3.63, 3.8) is 0 Å². The van der Waals surface area contributed by atoms with Gasteiger partial charge in [-0.05, 0) is 6.07 Å². The van der Waals surface area contributed by atoms with Gasteiger partial charge in [-0.25, -0.2) is 18.5 Å². The van der Waals surface area contributed by atoms with Crippen LogP contribution in [0.2, 0.25) is 5.02 Å². The number of amides is 1. The van der Waals surface area contributed by atoms with E-state index in [9.17, 15) is 31.9 Å². The van der Waals surface area contributed by atoms with Crippen molar-refractivity contribution in [2.75, 3.05) is 7.05 Å². The Morgan fingerprint density at radius 1 is 1.23 bits per heavy atom. The number of halogens is 5. The molecule has 2 aromatic rings. The Balaban J connectivity index is 2.75. The lowest BCUT2D eigenvalue weighted by Crippen LogP contribution is -2.41. The first-order valence-corrected chi connectivity index (χ1v) is 7.14. The highest BCUT2D eigenvalue weighted by Gasteiger charge is 2.35. The summed E-state index contributed by atoms with van der Waals surface area (Å²) in [6.07, 6.45) is -5.94. The quantitative estimate of drug-likeness (QED) is 0.789. The maximum absolute atomic E-state index is 14.2. The number of aromatic nitrogens is 2.